The number of benzene rings is 1. The number of hydrogen-bond donors (Lipinski definition) is 1. The van der Waals surface area contributed by atoms with Crippen molar-refractivity contribution in [3.63, 3.8) is 0 Å². The Morgan fingerprint density at radius 2 is 2.00 bits per heavy atom. The van der Waals surface area contributed by atoms with E-state index in [0.29, 0.717) is 6.67 Å². The van der Waals surface area contributed by atoms with Gasteiger partial charge in [-0.3, -0.25) is 4.90 Å². The van der Waals surface area contributed by atoms with Crippen molar-refractivity contribution in [2.45, 2.75) is 6.54 Å². The predicted octanol–water partition coefficient (Wildman–Crippen LogP) is 1.05. The third-order valence-electron chi connectivity index (χ3n) is 2.25. The molecule has 0 saturated heterocycles. The maximum Gasteiger partial charge on any atom is 0.127 e. The Morgan fingerprint density at radius 1 is 1.27 bits per heavy atom. The van der Waals surface area contributed by atoms with Crippen LogP contribution >= 0.6 is 0 Å². The Balaban J connectivity index is 2.87. The van der Waals surface area contributed by atoms with Crippen LogP contribution in [0.2, 0.25) is 0 Å². The summed E-state index contributed by atoms with van der Waals surface area (Å²) in [5.74, 6) is 1.63. The summed E-state index contributed by atoms with van der Waals surface area (Å²) in [6, 6.07) is 5.78. The minimum atomic E-state index is 0.523. The summed E-state index contributed by atoms with van der Waals surface area (Å²) in [6.07, 6.45) is 0. The topological polar surface area (TPSA) is 47.7 Å². The molecule has 0 aliphatic heterocycles. The van der Waals surface area contributed by atoms with Gasteiger partial charge in [0.25, 0.3) is 0 Å². The van der Waals surface area contributed by atoms with Crippen molar-refractivity contribution >= 4 is 0 Å². The molecule has 0 bridgehead atoms. The van der Waals surface area contributed by atoms with E-state index < -0.39 is 0 Å². The van der Waals surface area contributed by atoms with Crippen LogP contribution in [0.15, 0.2) is 18.2 Å². The average molecular weight is 210 g/mol. The highest BCUT2D eigenvalue weighted by molar-refractivity contribution is 5.40. The van der Waals surface area contributed by atoms with Gasteiger partial charge >= 0.3 is 0 Å². The van der Waals surface area contributed by atoms with Crippen LogP contribution in [0.5, 0.6) is 11.5 Å². The molecule has 0 amide bonds. The zero-order chi connectivity index (χ0) is 11.3. The Morgan fingerprint density at radius 3 is 2.53 bits per heavy atom. The highest BCUT2D eigenvalue weighted by Gasteiger charge is 2.06. The first-order valence-electron chi connectivity index (χ1n) is 4.80. The van der Waals surface area contributed by atoms with Gasteiger partial charge in [0.2, 0.25) is 0 Å². The van der Waals surface area contributed by atoms with Crippen LogP contribution in [0.1, 0.15) is 5.56 Å². The molecule has 4 heteroatoms. The van der Waals surface area contributed by atoms with Crippen molar-refractivity contribution < 1.29 is 9.47 Å². The molecule has 0 atom stereocenters. The lowest BCUT2D eigenvalue weighted by atomic mass is 10.2. The molecular formula is C11H18N2O2. The predicted molar refractivity (Wildman–Crippen MR) is 60.1 cm³/mol. The summed E-state index contributed by atoms with van der Waals surface area (Å²) in [5.41, 5.74) is 6.63. The smallest absolute Gasteiger partial charge is 0.127 e. The fourth-order valence-corrected chi connectivity index (χ4v) is 1.34. The van der Waals surface area contributed by atoms with Gasteiger partial charge in [0.15, 0.2) is 0 Å². The Kier molecular flexibility index (Phi) is 4.39. The van der Waals surface area contributed by atoms with Gasteiger partial charge in [-0.05, 0) is 13.1 Å². The van der Waals surface area contributed by atoms with Crippen molar-refractivity contribution in [2.75, 3.05) is 27.9 Å². The maximum absolute atomic E-state index is 5.53. The Labute approximate surface area is 90.6 Å². The van der Waals surface area contributed by atoms with Crippen LogP contribution in [0, 0.1) is 0 Å². The summed E-state index contributed by atoms with van der Waals surface area (Å²) in [4.78, 5) is 2.00. The first-order chi connectivity index (χ1) is 7.21. The lowest BCUT2D eigenvalue weighted by molar-refractivity contribution is 0.325. The summed E-state index contributed by atoms with van der Waals surface area (Å²) >= 11 is 0. The molecule has 4 nitrogen and oxygen atoms in total. The lowest BCUT2D eigenvalue weighted by Crippen LogP contribution is -2.25. The number of ether oxygens (including phenoxy) is 2. The van der Waals surface area contributed by atoms with Crippen molar-refractivity contribution in [1.29, 1.82) is 0 Å². The second-order valence-corrected chi connectivity index (χ2v) is 3.37. The third kappa shape index (κ3) is 3.11. The van der Waals surface area contributed by atoms with Crippen LogP contribution in [0.4, 0.5) is 0 Å². The number of rotatable bonds is 5. The van der Waals surface area contributed by atoms with Crippen molar-refractivity contribution in [2.24, 2.45) is 5.73 Å². The fourth-order valence-electron chi connectivity index (χ4n) is 1.34. The molecule has 1 rings (SSSR count). The van der Waals surface area contributed by atoms with E-state index in [9.17, 15) is 0 Å². The van der Waals surface area contributed by atoms with Gasteiger partial charge in [-0.25, -0.2) is 0 Å². The molecule has 1 aromatic carbocycles. The van der Waals surface area contributed by atoms with E-state index in [4.69, 9.17) is 15.2 Å². The molecule has 15 heavy (non-hydrogen) atoms. The summed E-state index contributed by atoms with van der Waals surface area (Å²) < 4.78 is 10.4. The van der Waals surface area contributed by atoms with Crippen LogP contribution in [0.3, 0.4) is 0 Å². The van der Waals surface area contributed by atoms with E-state index in [-0.39, 0.29) is 0 Å². The number of nitrogens with two attached hydrogens (primary N) is 1. The van der Waals surface area contributed by atoms with Gasteiger partial charge < -0.3 is 15.2 Å². The highest BCUT2D eigenvalue weighted by Crippen LogP contribution is 2.25. The molecular weight excluding hydrogens is 192 g/mol. The van der Waals surface area contributed by atoms with E-state index in [2.05, 4.69) is 0 Å². The van der Waals surface area contributed by atoms with Crippen LogP contribution in [0.25, 0.3) is 0 Å². The maximum atomic E-state index is 5.53. The SMILES string of the molecule is COc1ccc(CN(C)CN)c(OC)c1. The van der Waals surface area contributed by atoms with E-state index in [1.54, 1.807) is 14.2 Å². The normalized spacial score (nSPS) is 10.5. The molecule has 0 heterocycles. The van der Waals surface area contributed by atoms with Crippen molar-refractivity contribution in [3.8, 4) is 11.5 Å². The first-order valence-corrected chi connectivity index (χ1v) is 4.80. The van der Waals surface area contributed by atoms with Gasteiger partial charge in [0.05, 0.1) is 14.2 Å². The third-order valence-corrected chi connectivity index (χ3v) is 2.25. The standard InChI is InChI=1S/C11H18N2O2/c1-13(8-12)7-9-4-5-10(14-2)6-11(9)15-3/h4-6H,7-8,12H2,1-3H3. The zero-order valence-corrected chi connectivity index (χ0v) is 9.49. The van der Waals surface area contributed by atoms with Gasteiger partial charge in [0.1, 0.15) is 11.5 Å². The molecule has 0 radical (unpaired) electrons. The number of hydrogen-bond acceptors (Lipinski definition) is 4. The first kappa shape index (κ1) is 11.8. The van der Waals surface area contributed by atoms with E-state index >= 15 is 0 Å². The Bertz CT molecular complexity index is 315. The van der Waals surface area contributed by atoms with Crippen molar-refractivity contribution in [3.05, 3.63) is 23.8 Å². The lowest BCUT2D eigenvalue weighted by Gasteiger charge is -2.16. The summed E-state index contributed by atoms with van der Waals surface area (Å²) in [6.45, 7) is 1.29. The monoisotopic (exact) mass is 210 g/mol. The van der Waals surface area contributed by atoms with Gasteiger partial charge in [-0.2, -0.15) is 0 Å². The van der Waals surface area contributed by atoms with E-state index in [1.165, 1.54) is 0 Å². The number of nitrogens with zero attached hydrogens (tertiary/aromatic N) is 1. The quantitative estimate of drug-likeness (QED) is 0.738. The second kappa shape index (κ2) is 5.58. The Hall–Kier alpha value is -1.26. The molecule has 0 saturated carbocycles. The molecule has 0 aromatic heterocycles. The second-order valence-electron chi connectivity index (χ2n) is 3.37. The minimum absolute atomic E-state index is 0.523. The van der Waals surface area contributed by atoms with Gasteiger partial charge in [0, 0.05) is 24.8 Å². The fraction of sp³-hybridized carbons (Fsp3) is 0.455. The summed E-state index contributed by atoms with van der Waals surface area (Å²) in [7, 11) is 5.25. The minimum Gasteiger partial charge on any atom is -0.497 e. The molecule has 84 valence electrons. The average Bonchev–Trinajstić information content (AvgIpc) is 2.29. The van der Waals surface area contributed by atoms with Crippen LogP contribution in [-0.2, 0) is 6.54 Å². The van der Waals surface area contributed by atoms with Gasteiger partial charge in [-0.1, -0.05) is 6.07 Å². The van der Waals surface area contributed by atoms with Crippen molar-refractivity contribution in [1.82, 2.24) is 4.90 Å². The molecule has 2 N–H and O–H groups in total. The highest BCUT2D eigenvalue weighted by atomic mass is 16.5. The molecule has 0 spiro atoms. The zero-order valence-electron chi connectivity index (χ0n) is 9.49. The molecule has 0 aliphatic rings. The van der Waals surface area contributed by atoms with E-state index in [1.807, 2.05) is 30.1 Å². The molecule has 0 aliphatic carbocycles. The van der Waals surface area contributed by atoms with Crippen LogP contribution in [-0.4, -0.2) is 32.8 Å². The molecule has 0 fully saturated rings. The van der Waals surface area contributed by atoms with Crippen LogP contribution < -0.4 is 15.2 Å². The molecule has 1 aromatic rings. The molecule has 0 unspecified atom stereocenters. The summed E-state index contributed by atoms with van der Waals surface area (Å²) in [5, 5.41) is 0. The van der Waals surface area contributed by atoms with E-state index in [0.717, 1.165) is 23.6 Å². The largest absolute Gasteiger partial charge is 0.497 e. The number of methoxy groups -OCH3 is 2. The van der Waals surface area contributed by atoms with Gasteiger partial charge in [-0.15, -0.1) is 0 Å².